The summed E-state index contributed by atoms with van der Waals surface area (Å²) in [6.45, 7) is 1.03. The number of hydrogen-bond acceptors (Lipinski definition) is 3. The Morgan fingerprint density at radius 2 is 2.33 bits per heavy atom. The van der Waals surface area contributed by atoms with Gasteiger partial charge in [-0.15, -0.1) is 0 Å². The highest BCUT2D eigenvalue weighted by Gasteiger charge is 2.04. The maximum Gasteiger partial charge on any atom is 0.251 e. The van der Waals surface area contributed by atoms with E-state index in [0.29, 0.717) is 18.7 Å². The molecule has 0 unspecified atom stereocenters. The van der Waals surface area contributed by atoms with Crippen LogP contribution in [0, 0.1) is 11.8 Å². The van der Waals surface area contributed by atoms with Crippen LogP contribution in [0.5, 0.6) is 0 Å². The van der Waals surface area contributed by atoms with Gasteiger partial charge in [-0.25, -0.2) is 0 Å². The largest absolute Gasteiger partial charge is 0.352 e. The molecule has 0 saturated heterocycles. The number of rotatable bonds is 5. The van der Waals surface area contributed by atoms with Gasteiger partial charge in [0.2, 0.25) is 0 Å². The highest BCUT2D eigenvalue weighted by Crippen LogP contribution is 2.04. The summed E-state index contributed by atoms with van der Waals surface area (Å²) in [5.74, 6) is 6.70. The standard InChI is InChI=1S/C14H18N2OS/c1-18-10-4-9-16-14(17)13-7-2-5-12(11-13)6-3-8-15/h2,5,7,11H,4,8-10,15H2,1H3,(H,16,17). The van der Waals surface area contributed by atoms with Crippen LogP contribution in [0.2, 0.25) is 0 Å². The van der Waals surface area contributed by atoms with Crippen LogP contribution in [-0.2, 0) is 0 Å². The first kappa shape index (κ1) is 14.6. The minimum absolute atomic E-state index is 0.0486. The van der Waals surface area contributed by atoms with Gasteiger partial charge in [-0.3, -0.25) is 4.79 Å². The molecule has 3 nitrogen and oxygen atoms in total. The van der Waals surface area contributed by atoms with E-state index in [9.17, 15) is 4.79 Å². The van der Waals surface area contributed by atoms with Crippen LogP contribution in [0.1, 0.15) is 22.3 Å². The number of thioether (sulfide) groups is 1. The second-order valence-electron chi connectivity index (χ2n) is 3.69. The summed E-state index contributed by atoms with van der Waals surface area (Å²) in [6, 6.07) is 7.27. The molecule has 1 aromatic rings. The number of carbonyl (C=O) groups excluding carboxylic acids is 1. The van der Waals surface area contributed by atoms with Gasteiger partial charge in [0.1, 0.15) is 0 Å². The Balaban J connectivity index is 2.57. The molecule has 0 radical (unpaired) electrons. The Morgan fingerprint density at radius 3 is 3.06 bits per heavy atom. The van der Waals surface area contributed by atoms with Crippen LogP contribution in [0.3, 0.4) is 0 Å². The number of amides is 1. The monoisotopic (exact) mass is 262 g/mol. The third kappa shape index (κ3) is 5.26. The summed E-state index contributed by atoms with van der Waals surface area (Å²) in [7, 11) is 0. The van der Waals surface area contributed by atoms with Gasteiger partial charge < -0.3 is 11.1 Å². The van der Waals surface area contributed by atoms with E-state index in [1.807, 2.05) is 12.1 Å². The SMILES string of the molecule is CSCCCNC(=O)c1cccc(C#CCN)c1. The summed E-state index contributed by atoms with van der Waals surface area (Å²) >= 11 is 1.78. The van der Waals surface area contributed by atoms with Crippen molar-refractivity contribution >= 4 is 17.7 Å². The molecular formula is C14H18N2OS. The maximum absolute atomic E-state index is 11.8. The minimum atomic E-state index is -0.0486. The average Bonchev–Trinajstić information content (AvgIpc) is 2.41. The quantitative estimate of drug-likeness (QED) is 0.624. The van der Waals surface area contributed by atoms with Gasteiger partial charge in [-0.05, 0) is 36.6 Å². The van der Waals surface area contributed by atoms with Crippen molar-refractivity contribution in [1.29, 1.82) is 0 Å². The molecule has 18 heavy (non-hydrogen) atoms. The number of hydrogen-bond donors (Lipinski definition) is 2. The van der Waals surface area contributed by atoms with Crippen molar-refractivity contribution < 1.29 is 4.79 Å². The molecule has 0 aliphatic carbocycles. The second-order valence-corrected chi connectivity index (χ2v) is 4.67. The molecule has 0 bridgehead atoms. The molecule has 0 atom stereocenters. The Kier molecular flexibility index (Phi) is 7.00. The fourth-order valence-corrected chi connectivity index (χ4v) is 1.84. The molecule has 0 spiro atoms. The van der Waals surface area contributed by atoms with Gasteiger partial charge in [-0.1, -0.05) is 17.9 Å². The van der Waals surface area contributed by atoms with Crippen molar-refractivity contribution in [3.63, 3.8) is 0 Å². The lowest BCUT2D eigenvalue weighted by Gasteiger charge is -2.04. The first-order valence-electron chi connectivity index (χ1n) is 5.84. The van der Waals surface area contributed by atoms with Crippen LogP contribution in [-0.4, -0.2) is 31.0 Å². The van der Waals surface area contributed by atoms with E-state index >= 15 is 0 Å². The molecule has 0 aliphatic rings. The zero-order valence-corrected chi connectivity index (χ0v) is 11.3. The number of nitrogens with two attached hydrogens (primary N) is 1. The molecule has 4 heteroatoms. The lowest BCUT2D eigenvalue weighted by Crippen LogP contribution is -2.24. The van der Waals surface area contributed by atoms with E-state index in [-0.39, 0.29) is 5.91 Å². The second kappa shape index (κ2) is 8.62. The first-order chi connectivity index (χ1) is 8.77. The van der Waals surface area contributed by atoms with Crippen molar-refractivity contribution in [2.75, 3.05) is 25.1 Å². The predicted molar refractivity (Wildman–Crippen MR) is 77.7 cm³/mol. The van der Waals surface area contributed by atoms with E-state index in [4.69, 9.17) is 5.73 Å². The van der Waals surface area contributed by atoms with Gasteiger partial charge in [0, 0.05) is 17.7 Å². The van der Waals surface area contributed by atoms with Gasteiger partial charge in [0.25, 0.3) is 5.91 Å². The molecule has 0 aromatic heterocycles. The smallest absolute Gasteiger partial charge is 0.251 e. The van der Waals surface area contributed by atoms with Gasteiger partial charge in [0.15, 0.2) is 0 Å². The van der Waals surface area contributed by atoms with Crippen molar-refractivity contribution in [1.82, 2.24) is 5.32 Å². The highest BCUT2D eigenvalue weighted by molar-refractivity contribution is 7.98. The topological polar surface area (TPSA) is 55.1 Å². The van der Waals surface area contributed by atoms with Crippen LogP contribution in [0.15, 0.2) is 24.3 Å². The molecule has 96 valence electrons. The third-order valence-corrected chi connectivity index (χ3v) is 2.97. The normalized spacial score (nSPS) is 9.44. The molecular weight excluding hydrogens is 244 g/mol. The van der Waals surface area contributed by atoms with Gasteiger partial charge >= 0.3 is 0 Å². The molecule has 1 aromatic carbocycles. The zero-order valence-electron chi connectivity index (χ0n) is 10.5. The Hall–Kier alpha value is -1.44. The van der Waals surface area contributed by atoms with Crippen LogP contribution >= 0.6 is 11.8 Å². The number of benzene rings is 1. The predicted octanol–water partition coefficient (Wildman–Crippen LogP) is 1.48. The Morgan fingerprint density at radius 1 is 1.50 bits per heavy atom. The van der Waals surface area contributed by atoms with E-state index in [2.05, 4.69) is 23.4 Å². The Labute approximate surface area is 113 Å². The lowest BCUT2D eigenvalue weighted by molar-refractivity contribution is 0.0954. The summed E-state index contributed by atoms with van der Waals surface area (Å²) in [5, 5.41) is 2.89. The van der Waals surface area contributed by atoms with Crippen LogP contribution in [0.25, 0.3) is 0 Å². The number of carbonyl (C=O) groups is 1. The molecule has 0 saturated carbocycles. The van der Waals surface area contributed by atoms with E-state index in [0.717, 1.165) is 17.7 Å². The van der Waals surface area contributed by atoms with Crippen LogP contribution < -0.4 is 11.1 Å². The van der Waals surface area contributed by atoms with Crippen molar-refractivity contribution in [2.24, 2.45) is 5.73 Å². The number of nitrogens with one attached hydrogen (secondary N) is 1. The Bertz CT molecular complexity index is 449. The molecule has 0 aliphatic heterocycles. The fourth-order valence-electron chi connectivity index (χ4n) is 1.41. The molecule has 0 heterocycles. The van der Waals surface area contributed by atoms with E-state index < -0.39 is 0 Å². The molecule has 0 fully saturated rings. The van der Waals surface area contributed by atoms with Crippen LogP contribution in [0.4, 0.5) is 0 Å². The molecule has 1 amide bonds. The van der Waals surface area contributed by atoms with Gasteiger partial charge in [0.05, 0.1) is 6.54 Å². The fraction of sp³-hybridized carbons (Fsp3) is 0.357. The summed E-state index contributed by atoms with van der Waals surface area (Å²) in [4.78, 5) is 11.8. The average molecular weight is 262 g/mol. The van der Waals surface area contributed by atoms with Crippen molar-refractivity contribution in [3.8, 4) is 11.8 Å². The zero-order chi connectivity index (χ0) is 13.2. The molecule has 3 N–H and O–H groups in total. The maximum atomic E-state index is 11.8. The summed E-state index contributed by atoms with van der Waals surface area (Å²) < 4.78 is 0. The van der Waals surface area contributed by atoms with Crippen molar-refractivity contribution in [2.45, 2.75) is 6.42 Å². The lowest BCUT2D eigenvalue weighted by atomic mass is 10.1. The van der Waals surface area contributed by atoms with Crippen molar-refractivity contribution in [3.05, 3.63) is 35.4 Å². The van der Waals surface area contributed by atoms with E-state index in [1.54, 1.807) is 23.9 Å². The first-order valence-corrected chi connectivity index (χ1v) is 7.23. The van der Waals surface area contributed by atoms with Gasteiger partial charge in [-0.2, -0.15) is 11.8 Å². The molecule has 1 rings (SSSR count). The third-order valence-electron chi connectivity index (χ3n) is 2.27. The summed E-state index contributed by atoms with van der Waals surface area (Å²) in [5.41, 5.74) is 6.77. The summed E-state index contributed by atoms with van der Waals surface area (Å²) in [6.07, 6.45) is 3.04. The highest BCUT2D eigenvalue weighted by atomic mass is 32.2. The van der Waals surface area contributed by atoms with E-state index in [1.165, 1.54) is 0 Å². The minimum Gasteiger partial charge on any atom is -0.352 e.